The lowest BCUT2D eigenvalue weighted by atomic mass is 9.90. The normalized spacial score (nSPS) is 20.3. The minimum Gasteiger partial charge on any atom is -0.479 e. The SMILES string of the molecule is Cc1c(-c2cc(OC(CO)c3ccc(F)cn3)c3c(F)cnn3c2)nn2c1CCN(C1CCC(NC#N)CC1)CC2. The fourth-order valence-corrected chi connectivity index (χ4v) is 6.18. The Bertz CT molecular complexity index is 1570. The summed E-state index contributed by atoms with van der Waals surface area (Å²) in [7, 11) is 0. The standard InChI is InChI=1S/C29H32F2N8O2/c1-18-25-8-9-37(22-5-3-21(4-6-22)34-17-32)10-11-38(25)36-28(18)19-12-26(29-23(31)14-35-39(29)15-19)41-27(16-40)24-7-2-20(30)13-33-24/h2,7,12-15,21-22,27,34,40H,3-6,8-11,16H2,1H3. The summed E-state index contributed by atoms with van der Waals surface area (Å²) in [4.78, 5) is 6.58. The van der Waals surface area contributed by atoms with Crippen LogP contribution in [0.4, 0.5) is 8.78 Å². The third kappa shape index (κ3) is 5.35. The number of ether oxygens (including phenoxy) is 1. The van der Waals surface area contributed by atoms with E-state index in [0.717, 1.165) is 75.4 Å². The average Bonchev–Trinajstić information content (AvgIpc) is 3.43. The van der Waals surface area contributed by atoms with Gasteiger partial charge in [-0.3, -0.25) is 14.6 Å². The molecule has 0 aromatic carbocycles. The molecule has 1 aliphatic carbocycles. The van der Waals surface area contributed by atoms with Gasteiger partial charge in [0.2, 0.25) is 0 Å². The van der Waals surface area contributed by atoms with Gasteiger partial charge in [-0.1, -0.05) is 0 Å². The number of fused-ring (bicyclic) bond motifs is 2. The number of nitrogens with one attached hydrogen (secondary N) is 1. The molecule has 2 N–H and O–H groups in total. The van der Waals surface area contributed by atoms with Gasteiger partial charge in [0.15, 0.2) is 18.1 Å². The molecule has 1 unspecified atom stereocenters. The zero-order valence-electron chi connectivity index (χ0n) is 22.8. The van der Waals surface area contributed by atoms with E-state index in [1.54, 1.807) is 12.3 Å². The van der Waals surface area contributed by atoms with Crippen molar-refractivity contribution in [1.29, 1.82) is 5.26 Å². The summed E-state index contributed by atoms with van der Waals surface area (Å²) in [5.41, 5.74) is 4.13. The van der Waals surface area contributed by atoms with Crippen LogP contribution in [0.1, 0.15) is 48.7 Å². The molecule has 4 aromatic heterocycles. The Hall–Kier alpha value is -4.08. The van der Waals surface area contributed by atoms with Crippen molar-refractivity contribution in [2.45, 2.75) is 63.8 Å². The summed E-state index contributed by atoms with van der Waals surface area (Å²) in [5, 5.41) is 31.0. The fourth-order valence-electron chi connectivity index (χ4n) is 6.18. The Morgan fingerprint density at radius 1 is 1.17 bits per heavy atom. The number of nitrogens with zero attached hydrogens (tertiary/aromatic N) is 7. The van der Waals surface area contributed by atoms with Crippen molar-refractivity contribution in [3.8, 4) is 23.2 Å². The van der Waals surface area contributed by atoms with Crippen LogP contribution in [0.3, 0.4) is 0 Å². The van der Waals surface area contributed by atoms with E-state index in [1.807, 2.05) is 0 Å². The molecule has 1 fully saturated rings. The maximum absolute atomic E-state index is 14.8. The summed E-state index contributed by atoms with van der Waals surface area (Å²) in [6, 6.07) is 5.18. The number of halogens is 2. The first kappa shape index (κ1) is 27.1. The highest BCUT2D eigenvalue weighted by atomic mass is 19.1. The molecule has 4 aromatic rings. The van der Waals surface area contributed by atoms with Crippen LogP contribution in [-0.4, -0.2) is 66.2 Å². The number of hydrogen-bond donors (Lipinski definition) is 2. The third-order valence-corrected chi connectivity index (χ3v) is 8.36. The second-order valence-corrected chi connectivity index (χ2v) is 10.8. The average molecular weight is 563 g/mol. The zero-order valence-corrected chi connectivity index (χ0v) is 22.8. The highest BCUT2D eigenvalue weighted by Crippen LogP contribution is 2.35. The van der Waals surface area contributed by atoms with Gasteiger partial charge in [-0.15, -0.1) is 0 Å². The predicted octanol–water partition coefficient (Wildman–Crippen LogP) is 3.53. The highest BCUT2D eigenvalue weighted by molar-refractivity contribution is 5.71. The molecular formula is C29H32F2N8O2. The Morgan fingerprint density at radius 2 is 2.00 bits per heavy atom. The van der Waals surface area contributed by atoms with E-state index in [0.29, 0.717) is 17.3 Å². The number of hydrogen-bond acceptors (Lipinski definition) is 8. The van der Waals surface area contributed by atoms with Gasteiger partial charge in [0.25, 0.3) is 0 Å². The minimum absolute atomic E-state index is 0.128. The lowest BCUT2D eigenvalue weighted by molar-refractivity contribution is 0.114. The van der Waals surface area contributed by atoms with Gasteiger partial charge >= 0.3 is 0 Å². The maximum atomic E-state index is 14.8. The van der Waals surface area contributed by atoms with Crippen molar-refractivity contribution < 1.29 is 18.6 Å². The van der Waals surface area contributed by atoms with Crippen molar-refractivity contribution in [2.24, 2.45) is 0 Å². The second kappa shape index (κ2) is 11.4. The van der Waals surface area contributed by atoms with Gasteiger partial charge in [0.05, 0.1) is 36.9 Å². The van der Waals surface area contributed by atoms with Crippen LogP contribution in [-0.2, 0) is 13.0 Å². The maximum Gasteiger partial charge on any atom is 0.176 e. The Labute approximate surface area is 236 Å². The molecule has 0 radical (unpaired) electrons. The van der Waals surface area contributed by atoms with Crippen LogP contribution in [0.15, 0.2) is 36.8 Å². The second-order valence-electron chi connectivity index (χ2n) is 10.8. The Balaban J connectivity index is 1.25. The van der Waals surface area contributed by atoms with Gasteiger partial charge in [-0.25, -0.2) is 13.3 Å². The highest BCUT2D eigenvalue weighted by Gasteiger charge is 2.29. The predicted molar refractivity (Wildman–Crippen MR) is 146 cm³/mol. The van der Waals surface area contributed by atoms with E-state index in [4.69, 9.17) is 15.1 Å². The molecule has 0 saturated heterocycles. The van der Waals surface area contributed by atoms with E-state index in [9.17, 15) is 13.9 Å². The fraction of sp³-hybridized carbons (Fsp3) is 0.448. The third-order valence-electron chi connectivity index (χ3n) is 8.36. The number of aromatic nitrogens is 5. The number of rotatable bonds is 7. The molecule has 12 heteroatoms. The van der Waals surface area contributed by atoms with Crippen LogP contribution >= 0.6 is 0 Å². The van der Waals surface area contributed by atoms with Crippen molar-refractivity contribution in [3.05, 3.63) is 65.4 Å². The van der Waals surface area contributed by atoms with Crippen LogP contribution < -0.4 is 10.1 Å². The molecule has 1 saturated carbocycles. The molecule has 214 valence electrons. The van der Waals surface area contributed by atoms with Gasteiger partial charge in [-0.05, 0) is 56.4 Å². The topological polar surface area (TPSA) is 117 Å². The lowest BCUT2D eigenvalue weighted by Gasteiger charge is -2.35. The molecule has 2 aliphatic rings. The van der Waals surface area contributed by atoms with Crippen molar-refractivity contribution in [1.82, 2.24) is 34.6 Å². The minimum atomic E-state index is -0.930. The molecule has 1 aliphatic heterocycles. The molecule has 1 atom stereocenters. The largest absolute Gasteiger partial charge is 0.479 e. The van der Waals surface area contributed by atoms with Gasteiger partial charge in [-0.2, -0.15) is 15.5 Å². The first-order chi connectivity index (χ1) is 19.9. The first-order valence-electron chi connectivity index (χ1n) is 14.0. The number of pyridine rings is 2. The Kier molecular flexibility index (Phi) is 7.55. The van der Waals surface area contributed by atoms with Crippen LogP contribution in [0.25, 0.3) is 16.8 Å². The molecule has 0 amide bonds. The van der Waals surface area contributed by atoms with E-state index in [1.165, 1.54) is 22.3 Å². The molecule has 5 heterocycles. The molecule has 6 rings (SSSR count). The number of nitriles is 1. The van der Waals surface area contributed by atoms with Gasteiger partial charge < -0.3 is 15.2 Å². The summed E-state index contributed by atoms with van der Waals surface area (Å²) < 4.78 is 37.7. The van der Waals surface area contributed by atoms with Gasteiger partial charge in [0.1, 0.15) is 17.1 Å². The molecule has 10 nitrogen and oxygen atoms in total. The summed E-state index contributed by atoms with van der Waals surface area (Å²) >= 11 is 0. The first-order valence-corrected chi connectivity index (χ1v) is 14.0. The molecular weight excluding hydrogens is 530 g/mol. The van der Waals surface area contributed by atoms with Gasteiger partial charge in [0, 0.05) is 49.0 Å². The summed E-state index contributed by atoms with van der Waals surface area (Å²) in [6.45, 7) is 4.21. The van der Waals surface area contributed by atoms with E-state index < -0.39 is 24.3 Å². The monoisotopic (exact) mass is 562 g/mol. The van der Waals surface area contributed by atoms with E-state index in [-0.39, 0.29) is 17.3 Å². The summed E-state index contributed by atoms with van der Waals surface area (Å²) in [6.07, 6.45) is 10.1. The quantitative estimate of drug-likeness (QED) is 0.260. The van der Waals surface area contributed by atoms with Crippen LogP contribution in [0.5, 0.6) is 5.75 Å². The Morgan fingerprint density at radius 3 is 2.73 bits per heavy atom. The van der Waals surface area contributed by atoms with E-state index >= 15 is 0 Å². The number of aliphatic hydroxyl groups is 1. The molecule has 41 heavy (non-hydrogen) atoms. The molecule has 0 bridgehead atoms. The number of aliphatic hydroxyl groups excluding tert-OH is 1. The van der Waals surface area contributed by atoms with Crippen LogP contribution in [0, 0.1) is 30.0 Å². The van der Waals surface area contributed by atoms with Crippen molar-refractivity contribution in [3.63, 3.8) is 0 Å². The lowest BCUT2D eigenvalue weighted by Crippen LogP contribution is -2.42. The molecule has 0 spiro atoms. The smallest absolute Gasteiger partial charge is 0.176 e. The zero-order chi connectivity index (χ0) is 28.5. The van der Waals surface area contributed by atoms with E-state index in [2.05, 4.69) is 38.1 Å². The summed E-state index contributed by atoms with van der Waals surface area (Å²) in [5.74, 6) is -0.891. The van der Waals surface area contributed by atoms with Crippen molar-refractivity contribution >= 4 is 5.52 Å². The van der Waals surface area contributed by atoms with Crippen molar-refractivity contribution in [2.75, 3.05) is 19.7 Å². The van der Waals surface area contributed by atoms with Crippen LogP contribution in [0.2, 0.25) is 0 Å².